The van der Waals surface area contributed by atoms with Crippen molar-refractivity contribution in [3.05, 3.63) is 24.2 Å². The van der Waals surface area contributed by atoms with Gasteiger partial charge in [-0.05, 0) is 27.7 Å². The van der Waals surface area contributed by atoms with Gasteiger partial charge in [-0.15, -0.1) is 4.72 Å². The molecule has 152 valence electrons. The summed E-state index contributed by atoms with van der Waals surface area (Å²) in [4.78, 5) is 31.5. The number of urea groups is 1. The number of fused-ring (bicyclic) bond motifs is 1. The predicted molar refractivity (Wildman–Crippen MR) is 107 cm³/mol. The molecule has 0 aromatic carbocycles. The van der Waals surface area contributed by atoms with E-state index in [0.717, 1.165) is 4.90 Å². The second-order valence-electron chi connectivity index (χ2n) is 7.70. The van der Waals surface area contributed by atoms with E-state index in [1.54, 1.807) is 22.9 Å². The summed E-state index contributed by atoms with van der Waals surface area (Å²) in [5.74, 6) is 0.244. The molecular formula is C18H25N5O4S. The third-order valence-corrected chi connectivity index (χ3v) is 6.20. The highest BCUT2D eigenvalue weighted by molar-refractivity contribution is 7.90. The number of hydrogen-bond acceptors (Lipinski definition) is 6. The first-order valence-corrected chi connectivity index (χ1v) is 10.0. The van der Waals surface area contributed by atoms with Gasteiger partial charge in [0.2, 0.25) is 5.91 Å². The number of ether oxygens (including phenoxy) is 1. The molecule has 1 aliphatic rings. The lowest BCUT2D eigenvalue weighted by Crippen LogP contribution is -2.40. The van der Waals surface area contributed by atoms with Gasteiger partial charge in [0.05, 0.1) is 30.7 Å². The molecule has 0 bridgehead atoms. The molecule has 3 rings (SSSR count). The summed E-state index contributed by atoms with van der Waals surface area (Å²) < 4.78 is 22.1. The van der Waals surface area contributed by atoms with E-state index in [0.29, 0.717) is 22.8 Å². The number of imidazole rings is 1. The first kappa shape index (κ1) is 20.4. The minimum atomic E-state index is -1.26. The summed E-state index contributed by atoms with van der Waals surface area (Å²) >= 11 is -1.26. The molecule has 3 amide bonds. The highest BCUT2D eigenvalue weighted by atomic mass is 32.2. The molecule has 1 aliphatic heterocycles. The Kier molecular flexibility index (Phi) is 5.30. The van der Waals surface area contributed by atoms with E-state index in [4.69, 9.17) is 4.74 Å². The number of carbonyl (C=O) groups excluding carboxylic acids is 2. The first-order valence-electron chi connectivity index (χ1n) is 8.85. The highest BCUT2D eigenvalue weighted by Crippen LogP contribution is 2.31. The van der Waals surface area contributed by atoms with Crippen LogP contribution in [0.25, 0.3) is 5.65 Å². The van der Waals surface area contributed by atoms with Crippen molar-refractivity contribution < 1.29 is 18.9 Å². The quantitative estimate of drug-likeness (QED) is 0.599. The average molecular weight is 407 g/mol. The van der Waals surface area contributed by atoms with E-state index >= 15 is 0 Å². The van der Waals surface area contributed by atoms with Gasteiger partial charge in [-0.2, -0.15) is 0 Å². The number of aromatic nitrogens is 2. The van der Waals surface area contributed by atoms with Crippen molar-refractivity contribution in [1.82, 2.24) is 19.0 Å². The van der Waals surface area contributed by atoms with Gasteiger partial charge in [-0.3, -0.25) is 14.6 Å². The van der Waals surface area contributed by atoms with E-state index in [2.05, 4.69) is 9.71 Å². The second-order valence-corrected chi connectivity index (χ2v) is 9.70. The molecule has 0 aliphatic carbocycles. The summed E-state index contributed by atoms with van der Waals surface area (Å²) in [7, 11) is 2.98. The summed E-state index contributed by atoms with van der Waals surface area (Å²) in [6.45, 7) is 7.49. The molecule has 1 unspecified atom stereocenters. The Morgan fingerprint density at radius 2 is 2.00 bits per heavy atom. The maximum atomic E-state index is 12.5. The van der Waals surface area contributed by atoms with Gasteiger partial charge >= 0.3 is 6.03 Å². The van der Waals surface area contributed by atoms with Crippen LogP contribution < -0.4 is 14.4 Å². The summed E-state index contributed by atoms with van der Waals surface area (Å²) in [6.07, 6.45) is 3.54. The zero-order valence-corrected chi connectivity index (χ0v) is 17.7. The van der Waals surface area contributed by atoms with Crippen molar-refractivity contribution in [2.75, 3.05) is 25.6 Å². The van der Waals surface area contributed by atoms with Gasteiger partial charge in [0.25, 0.3) is 0 Å². The fourth-order valence-corrected chi connectivity index (χ4v) is 3.57. The summed E-state index contributed by atoms with van der Waals surface area (Å²) in [5, 5.41) is 0. The third kappa shape index (κ3) is 3.67. The molecular weight excluding hydrogens is 382 g/mol. The Balaban J connectivity index is 2.01. The van der Waals surface area contributed by atoms with Gasteiger partial charge < -0.3 is 13.7 Å². The Hall–Kier alpha value is -2.30. The van der Waals surface area contributed by atoms with Crippen LogP contribution in [0.5, 0.6) is 5.75 Å². The average Bonchev–Trinajstić information content (AvgIpc) is 3.16. The lowest BCUT2D eigenvalue weighted by Gasteiger charge is -2.25. The van der Waals surface area contributed by atoms with E-state index in [1.165, 1.54) is 19.1 Å². The maximum absolute atomic E-state index is 12.5. The van der Waals surface area contributed by atoms with Gasteiger partial charge in [-0.25, -0.2) is 9.78 Å². The molecule has 0 saturated carbocycles. The Bertz CT molecular complexity index is 923. The third-order valence-electron chi connectivity index (χ3n) is 4.52. The topological polar surface area (TPSA) is 102 Å². The lowest BCUT2D eigenvalue weighted by molar-refractivity contribution is -0.123. The van der Waals surface area contributed by atoms with Gasteiger partial charge in [0.1, 0.15) is 17.0 Å². The Morgan fingerprint density at radius 1 is 1.32 bits per heavy atom. The monoisotopic (exact) mass is 407 g/mol. The molecule has 0 spiro atoms. The van der Waals surface area contributed by atoms with Crippen LogP contribution in [-0.2, 0) is 16.2 Å². The number of amides is 3. The van der Waals surface area contributed by atoms with E-state index in [-0.39, 0.29) is 18.5 Å². The summed E-state index contributed by atoms with van der Waals surface area (Å²) in [5.41, 5.74) is 1.67. The number of nitrogens with one attached hydrogen (secondary N) is 1. The zero-order chi connectivity index (χ0) is 20.8. The number of likely N-dealkylation sites (N-methyl/N-ethyl adjacent to an activating group) is 1. The van der Waals surface area contributed by atoms with Crippen molar-refractivity contribution in [2.24, 2.45) is 0 Å². The lowest BCUT2D eigenvalue weighted by atomic mass is 10.3. The molecule has 1 saturated heterocycles. The number of rotatable bonds is 5. The number of hydrogen-bond donors (Lipinski definition) is 1. The summed E-state index contributed by atoms with van der Waals surface area (Å²) in [6, 6.07) is 0.990. The SMILES string of the molecule is COc1cc(N2CC(=O)N(C)C2=O)c2nc([C@@H](C)N[S+]([O-])C(C)(C)C)cn2c1. The zero-order valence-electron chi connectivity index (χ0n) is 16.8. The van der Waals surface area contributed by atoms with Crippen LogP contribution in [0.1, 0.15) is 39.4 Å². The highest BCUT2D eigenvalue weighted by Gasteiger charge is 2.36. The molecule has 28 heavy (non-hydrogen) atoms. The number of anilines is 1. The molecule has 1 N–H and O–H groups in total. The maximum Gasteiger partial charge on any atom is 0.331 e. The molecule has 2 aromatic rings. The van der Waals surface area contributed by atoms with E-state index < -0.39 is 22.1 Å². The van der Waals surface area contributed by atoms with Gasteiger partial charge in [-0.1, -0.05) is 0 Å². The number of carbonyl (C=O) groups is 2. The van der Waals surface area contributed by atoms with Crippen molar-refractivity contribution in [2.45, 2.75) is 38.5 Å². The van der Waals surface area contributed by atoms with Crippen LogP contribution in [-0.4, -0.2) is 56.2 Å². The van der Waals surface area contributed by atoms with Crippen molar-refractivity contribution in [1.29, 1.82) is 0 Å². The molecule has 2 atom stereocenters. The molecule has 1 fully saturated rings. The molecule has 9 nitrogen and oxygen atoms in total. The Morgan fingerprint density at radius 3 is 2.54 bits per heavy atom. The van der Waals surface area contributed by atoms with Gasteiger partial charge in [0, 0.05) is 30.7 Å². The first-order chi connectivity index (χ1) is 13.0. The minimum Gasteiger partial charge on any atom is -0.598 e. The molecule has 10 heteroatoms. The molecule has 2 aromatic heterocycles. The van der Waals surface area contributed by atoms with Crippen LogP contribution >= 0.6 is 0 Å². The van der Waals surface area contributed by atoms with Gasteiger partial charge in [0.15, 0.2) is 5.65 Å². The van der Waals surface area contributed by atoms with Crippen LogP contribution in [0.15, 0.2) is 18.5 Å². The number of nitrogens with zero attached hydrogens (tertiary/aromatic N) is 4. The smallest absolute Gasteiger partial charge is 0.331 e. The minimum absolute atomic E-state index is 0.0534. The fourth-order valence-electron chi connectivity index (χ4n) is 2.78. The van der Waals surface area contributed by atoms with Crippen molar-refractivity contribution in [3.63, 3.8) is 0 Å². The van der Waals surface area contributed by atoms with Crippen molar-refractivity contribution >= 4 is 34.6 Å². The van der Waals surface area contributed by atoms with Crippen LogP contribution in [0.2, 0.25) is 0 Å². The second kappa shape index (κ2) is 7.26. The van der Waals surface area contributed by atoms with Crippen LogP contribution in [0.4, 0.5) is 10.5 Å². The predicted octanol–water partition coefficient (Wildman–Crippen LogP) is 1.85. The molecule has 0 radical (unpaired) electrons. The number of imide groups is 1. The normalized spacial score (nSPS) is 17.5. The number of methoxy groups -OCH3 is 1. The standard InChI is InChI=1S/C18H25N5O4S/c1-11(20-28(26)18(2,3)4)13-9-22-8-12(27-6)7-14(16(22)19-13)23-10-15(24)21(5)17(23)25/h7-9,11,20H,10H2,1-6H3/t11-,28?/m1/s1. The number of pyridine rings is 1. The largest absolute Gasteiger partial charge is 0.598 e. The van der Waals surface area contributed by atoms with E-state index in [9.17, 15) is 14.1 Å². The van der Waals surface area contributed by atoms with E-state index in [1.807, 2.05) is 27.7 Å². The fraction of sp³-hybridized carbons (Fsp3) is 0.500. The van der Waals surface area contributed by atoms with Crippen LogP contribution in [0.3, 0.4) is 0 Å². The molecule has 3 heterocycles. The van der Waals surface area contributed by atoms with Crippen molar-refractivity contribution in [3.8, 4) is 5.75 Å². The van der Waals surface area contributed by atoms with Crippen LogP contribution in [0, 0.1) is 0 Å². The Labute approximate surface area is 167 Å².